The van der Waals surface area contributed by atoms with Gasteiger partial charge in [0.25, 0.3) is 11.1 Å². The van der Waals surface area contributed by atoms with Gasteiger partial charge in [-0.1, -0.05) is 25.0 Å². The summed E-state index contributed by atoms with van der Waals surface area (Å²) in [5.74, 6) is -1.11. The molecule has 2 aromatic rings. The van der Waals surface area contributed by atoms with E-state index in [0.717, 1.165) is 36.6 Å². The number of hydrogen-bond acceptors (Lipinski definition) is 7. The van der Waals surface area contributed by atoms with Crippen molar-refractivity contribution in [2.24, 2.45) is 0 Å². The van der Waals surface area contributed by atoms with Crippen molar-refractivity contribution in [1.29, 1.82) is 0 Å². The standard InChI is InChI=1S/C25H22F3N3O6S/c26-25(27,28)17-7-10-20(19(14-17)31(35)36)37-18-8-5-16(6-9-18)13-21-23(33)30(24(34)38-21)15-22(32)29-11-3-1-2-4-12-29/h5-10,13-14H,1-4,11-12,15H2. The molecular weight excluding hydrogens is 527 g/mol. The summed E-state index contributed by atoms with van der Waals surface area (Å²) in [6.07, 6.45) is 0.578. The van der Waals surface area contributed by atoms with Crippen LogP contribution in [0.3, 0.4) is 0 Å². The summed E-state index contributed by atoms with van der Waals surface area (Å²) in [4.78, 5) is 50.8. The molecule has 0 spiro atoms. The van der Waals surface area contributed by atoms with Crippen LogP contribution in [-0.2, 0) is 15.8 Å². The first-order chi connectivity index (χ1) is 18.0. The number of rotatable bonds is 6. The number of carbonyl (C=O) groups excluding carboxylic acids is 3. The Kier molecular flexibility index (Phi) is 8.05. The maximum atomic E-state index is 12.9. The Morgan fingerprint density at radius 3 is 2.32 bits per heavy atom. The highest BCUT2D eigenvalue weighted by Gasteiger charge is 2.37. The number of amides is 3. The minimum Gasteiger partial charge on any atom is -0.450 e. The van der Waals surface area contributed by atoms with Gasteiger partial charge in [-0.2, -0.15) is 13.2 Å². The van der Waals surface area contributed by atoms with E-state index in [4.69, 9.17) is 4.74 Å². The number of nitro benzene ring substituents is 1. The lowest BCUT2D eigenvalue weighted by molar-refractivity contribution is -0.385. The predicted molar refractivity (Wildman–Crippen MR) is 132 cm³/mol. The number of imide groups is 1. The van der Waals surface area contributed by atoms with Crippen LogP contribution in [0.25, 0.3) is 6.08 Å². The van der Waals surface area contributed by atoms with Gasteiger partial charge >= 0.3 is 11.9 Å². The molecule has 2 saturated heterocycles. The molecule has 3 amide bonds. The summed E-state index contributed by atoms with van der Waals surface area (Å²) in [5.41, 5.74) is -1.51. The molecule has 0 radical (unpaired) electrons. The first-order valence-electron chi connectivity index (χ1n) is 11.7. The smallest absolute Gasteiger partial charge is 0.416 e. The molecule has 0 aliphatic carbocycles. The van der Waals surface area contributed by atoms with Gasteiger partial charge in [0.05, 0.1) is 15.4 Å². The van der Waals surface area contributed by atoms with Crippen molar-refractivity contribution in [1.82, 2.24) is 9.80 Å². The number of ether oxygens (including phenoxy) is 1. The number of hydrogen-bond donors (Lipinski definition) is 0. The molecule has 38 heavy (non-hydrogen) atoms. The fraction of sp³-hybridized carbons (Fsp3) is 0.320. The topological polar surface area (TPSA) is 110 Å². The van der Waals surface area contributed by atoms with Crippen molar-refractivity contribution >= 4 is 40.6 Å². The number of benzene rings is 2. The zero-order chi connectivity index (χ0) is 27.4. The van der Waals surface area contributed by atoms with E-state index >= 15 is 0 Å². The van der Waals surface area contributed by atoms with Crippen LogP contribution in [0.5, 0.6) is 11.5 Å². The lowest BCUT2D eigenvalue weighted by Gasteiger charge is -2.22. The Bertz CT molecular complexity index is 1290. The van der Waals surface area contributed by atoms with E-state index < -0.39 is 33.5 Å². The molecule has 0 atom stereocenters. The van der Waals surface area contributed by atoms with Crippen molar-refractivity contribution < 1.29 is 37.2 Å². The van der Waals surface area contributed by atoms with Crippen LogP contribution in [0.15, 0.2) is 47.4 Å². The van der Waals surface area contributed by atoms with Gasteiger partial charge in [0.1, 0.15) is 12.3 Å². The quantitative estimate of drug-likeness (QED) is 0.253. The van der Waals surface area contributed by atoms with Crippen LogP contribution in [0.4, 0.5) is 23.7 Å². The average Bonchev–Trinajstić information content (AvgIpc) is 3.04. The Labute approximate surface area is 219 Å². The zero-order valence-electron chi connectivity index (χ0n) is 19.9. The third-order valence-electron chi connectivity index (χ3n) is 6.01. The van der Waals surface area contributed by atoms with E-state index in [2.05, 4.69) is 0 Å². The average molecular weight is 550 g/mol. The summed E-state index contributed by atoms with van der Waals surface area (Å²) in [7, 11) is 0. The van der Waals surface area contributed by atoms with Crippen LogP contribution in [-0.4, -0.2) is 51.4 Å². The van der Waals surface area contributed by atoms with Crippen LogP contribution < -0.4 is 4.74 Å². The lowest BCUT2D eigenvalue weighted by Crippen LogP contribution is -2.42. The lowest BCUT2D eigenvalue weighted by atomic mass is 10.1. The first kappa shape index (κ1) is 27.2. The molecule has 2 aliphatic heterocycles. The Balaban J connectivity index is 1.44. The molecule has 2 aromatic carbocycles. The van der Waals surface area contributed by atoms with E-state index in [9.17, 15) is 37.7 Å². The number of nitro groups is 1. The fourth-order valence-electron chi connectivity index (χ4n) is 4.02. The van der Waals surface area contributed by atoms with Crippen molar-refractivity contribution in [2.45, 2.75) is 31.9 Å². The highest BCUT2D eigenvalue weighted by Crippen LogP contribution is 2.38. The van der Waals surface area contributed by atoms with Gasteiger partial charge in [-0.15, -0.1) is 0 Å². The summed E-state index contributed by atoms with van der Waals surface area (Å²) in [6, 6.07) is 7.82. The van der Waals surface area contributed by atoms with Gasteiger partial charge in [-0.3, -0.25) is 29.4 Å². The Morgan fingerprint density at radius 1 is 1.05 bits per heavy atom. The Hall–Kier alpha value is -3.87. The molecular formula is C25H22F3N3O6S. The van der Waals surface area contributed by atoms with Gasteiger partial charge in [-0.25, -0.2) is 0 Å². The van der Waals surface area contributed by atoms with Gasteiger partial charge in [0.15, 0.2) is 0 Å². The van der Waals surface area contributed by atoms with E-state index in [1.165, 1.54) is 30.3 Å². The molecule has 0 aromatic heterocycles. The molecule has 0 unspecified atom stereocenters. The number of thioether (sulfide) groups is 1. The van der Waals surface area contributed by atoms with E-state index in [1.807, 2.05) is 0 Å². The highest BCUT2D eigenvalue weighted by atomic mass is 32.2. The van der Waals surface area contributed by atoms with Crippen LogP contribution in [0, 0.1) is 10.1 Å². The van der Waals surface area contributed by atoms with E-state index in [1.54, 1.807) is 4.90 Å². The van der Waals surface area contributed by atoms with Gasteiger partial charge < -0.3 is 9.64 Å². The van der Waals surface area contributed by atoms with Crippen molar-refractivity contribution in [3.63, 3.8) is 0 Å². The van der Waals surface area contributed by atoms with Gasteiger partial charge in [0.2, 0.25) is 11.7 Å². The summed E-state index contributed by atoms with van der Waals surface area (Å²) >= 11 is 0.714. The number of alkyl halides is 3. The second-order valence-electron chi connectivity index (χ2n) is 8.67. The van der Waals surface area contributed by atoms with Gasteiger partial charge in [-0.05, 0) is 60.5 Å². The van der Waals surface area contributed by atoms with Crippen LogP contribution in [0.2, 0.25) is 0 Å². The molecule has 2 heterocycles. The monoisotopic (exact) mass is 549 g/mol. The second-order valence-corrected chi connectivity index (χ2v) is 9.66. The van der Waals surface area contributed by atoms with Crippen LogP contribution >= 0.6 is 11.8 Å². The zero-order valence-corrected chi connectivity index (χ0v) is 20.7. The van der Waals surface area contributed by atoms with Crippen molar-refractivity contribution in [2.75, 3.05) is 19.6 Å². The molecule has 13 heteroatoms. The molecule has 0 saturated carbocycles. The second kappa shape index (κ2) is 11.3. The first-order valence-corrected chi connectivity index (χ1v) is 12.5. The van der Waals surface area contributed by atoms with E-state index in [-0.39, 0.29) is 28.9 Å². The number of likely N-dealkylation sites (tertiary alicyclic amines) is 1. The third kappa shape index (κ3) is 6.33. The molecule has 0 N–H and O–H groups in total. The number of nitrogens with zero attached hydrogens (tertiary/aromatic N) is 3. The number of carbonyl (C=O) groups is 3. The maximum absolute atomic E-state index is 12.9. The highest BCUT2D eigenvalue weighted by molar-refractivity contribution is 8.18. The summed E-state index contributed by atoms with van der Waals surface area (Å²) < 4.78 is 44.1. The molecule has 2 fully saturated rings. The summed E-state index contributed by atoms with van der Waals surface area (Å²) in [5, 5.41) is 10.7. The van der Waals surface area contributed by atoms with Crippen LogP contribution in [0.1, 0.15) is 36.8 Å². The van der Waals surface area contributed by atoms with E-state index in [0.29, 0.717) is 42.5 Å². The molecule has 200 valence electrons. The molecule has 0 bridgehead atoms. The maximum Gasteiger partial charge on any atom is 0.416 e. The summed E-state index contributed by atoms with van der Waals surface area (Å²) in [6.45, 7) is 0.893. The third-order valence-corrected chi connectivity index (χ3v) is 6.92. The largest absolute Gasteiger partial charge is 0.450 e. The van der Waals surface area contributed by atoms with Gasteiger partial charge in [0, 0.05) is 19.2 Å². The normalized spacial score (nSPS) is 17.6. The Morgan fingerprint density at radius 2 is 1.71 bits per heavy atom. The molecule has 2 aliphatic rings. The minimum absolute atomic E-state index is 0.112. The predicted octanol–water partition coefficient (Wildman–Crippen LogP) is 5.84. The van der Waals surface area contributed by atoms with Crippen molar-refractivity contribution in [3.8, 4) is 11.5 Å². The molecule has 9 nitrogen and oxygen atoms in total. The number of halogens is 3. The van der Waals surface area contributed by atoms with Crippen molar-refractivity contribution in [3.05, 3.63) is 68.6 Å². The molecule has 4 rings (SSSR count). The fourth-order valence-corrected chi connectivity index (χ4v) is 4.86. The minimum atomic E-state index is -4.74. The SMILES string of the molecule is O=C(CN1C(=O)SC(=Cc2ccc(Oc3ccc(C(F)(F)F)cc3[N+](=O)[O-])cc2)C1=O)N1CCCCCC1.